The van der Waals surface area contributed by atoms with Crippen LogP contribution in [0.3, 0.4) is 0 Å². The van der Waals surface area contributed by atoms with Crippen LogP contribution in [-0.2, 0) is 4.74 Å². The van der Waals surface area contributed by atoms with E-state index in [2.05, 4.69) is 13.8 Å². The summed E-state index contributed by atoms with van der Waals surface area (Å²) in [7, 11) is 3.96. The van der Waals surface area contributed by atoms with Crippen molar-refractivity contribution in [2.75, 3.05) is 25.6 Å². The Kier molecular flexibility index (Phi) is 7.13. The largest absolute Gasteiger partial charge is 0.462 e. The van der Waals surface area contributed by atoms with Crippen LogP contribution in [0.25, 0.3) is 0 Å². The van der Waals surface area contributed by atoms with Gasteiger partial charge in [0.1, 0.15) is 0 Å². The highest BCUT2D eigenvalue weighted by Crippen LogP contribution is 2.16. The van der Waals surface area contributed by atoms with Crippen LogP contribution in [0.5, 0.6) is 0 Å². The summed E-state index contributed by atoms with van der Waals surface area (Å²) < 4.78 is 5.43. The second-order valence-corrected chi connectivity index (χ2v) is 5.46. The summed E-state index contributed by atoms with van der Waals surface area (Å²) >= 11 is 0. The van der Waals surface area contributed by atoms with Crippen molar-refractivity contribution < 1.29 is 9.53 Å². The van der Waals surface area contributed by atoms with Gasteiger partial charge < -0.3 is 9.64 Å². The second-order valence-electron chi connectivity index (χ2n) is 5.46. The highest BCUT2D eigenvalue weighted by molar-refractivity contribution is 5.89. The van der Waals surface area contributed by atoms with Crippen molar-refractivity contribution in [1.82, 2.24) is 0 Å². The molecule has 0 aromatic heterocycles. The first-order valence-corrected chi connectivity index (χ1v) is 7.53. The molecule has 0 amide bonds. The molecule has 0 saturated carbocycles. The van der Waals surface area contributed by atoms with Crippen LogP contribution in [0.2, 0.25) is 0 Å². The van der Waals surface area contributed by atoms with Crippen molar-refractivity contribution in [2.45, 2.75) is 39.5 Å². The number of hydrogen-bond donors (Lipinski definition) is 0. The molecule has 0 radical (unpaired) electrons. The molecule has 0 unspecified atom stereocenters. The van der Waals surface area contributed by atoms with Gasteiger partial charge in [-0.3, -0.25) is 0 Å². The van der Waals surface area contributed by atoms with Crippen LogP contribution < -0.4 is 4.90 Å². The lowest BCUT2D eigenvalue weighted by Crippen LogP contribution is -2.14. The van der Waals surface area contributed by atoms with Crippen LogP contribution in [0.1, 0.15) is 49.9 Å². The van der Waals surface area contributed by atoms with Gasteiger partial charge in [-0.15, -0.1) is 0 Å². The molecular weight excluding hydrogens is 250 g/mol. The molecule has 1 aromatic carbocycles. The average molecular weight is 277 g/mol. The predicted molar refractivity (Wildman–Crippen MR) is 84.4 cm³/mol. The Labute approximate surface area is 122 Å². The number of anilines is 1. The molecule has 0 bridgehead atoms. The summed E-state index contributed by atoms with van der Waals surface area (Å²) in [5.41, 5.74) is 1.71. The highest BCUT2D eigenvalue weighted by Gasteiger charge is 2.11. The quantitative estimate of drug-likeness (QED) is 0.669. The van der Waals surface area contributed by atoms with Gasteiger partial charge in [-0.25, -0.2) is 4.79 Å². The smallest absolute Gasteiger partial charge is 0.338 e. The molecule has 1 rings (SSSR count). The molecule has 0 spiro atoms. The normalized spacial score (nSPS) is 12.0. The van der Waals surface area contributed by atoms with Gasteiger partial charge in [-0.1, -0.05) is 33.1 Å². The van der Waals surface area contributed by atoms with E-state index in [1.807, 2.05) is 43.3 Å². The maximum Gasteiger partial charge on any atom is 0.338 e. The number of benzene rings is 1. The Bertz CT molecular complexity index is 398. The molecule has 0 fully saturated rings. The van der Waals surface area contributed by atoms with E-state index < -0.39 is 0 Å². The summed E-state index contributed by atoms with van der Waals surface area (Å²) in [6, 6.07) is 7.52. The molecule has 0 aliphatic carbocycles. The molecule has 20 heavy (non-hydrogen) atoms. The molecular formula is C17H27NO2. The van der Waals surface area contributed by atoms with E-state index >= 15 is 0 Å². The van der Waals surface area contributed by atoms with Crippen LogP contribution in [0.4, 0.5) is 5.69 Å². The van der Waals surface area contributed by atoms with Gasteiger partial charge in [0, 0.05) is 19.8 Å². The fourth-order valence-electron chi connectivity index (χ4n) is 2.07. The molecule has 0 aliphatic heterocycles. The summed E-state index contributed by atoms with van der Waals surface area (Å²) in [6.07, 6.45) is 4.59. The lowest BCUT2D eigenvalue weighted by molar-refractivity contribution is 0.0428. The fourth-order valence-corrected chi connectivity index (χ4v) is 2.07. The molecule has 3 nitrogen and oxygen atoms in total. The van der Waals surface area contributed by atoms with Crippen molar-refractivity contribution in [3.8, 4) is 0 Å². The van der Waals surface area contributed by atoms with Gasteiger partial charge in [0.05, 0.1) is 12.2 Å². The summed E-state index contributed by atoms with van der Waals surface area (Å²) in [6.45, 7) is 4.87. The first-order chi connectivity index (χ1) is 9.58. The SMILES string of the molecule is CCCC[C@@H](CC)COC(=O)c1ccc(N(C)C)cc1. The number of nitrogens with zero attached hydrogens (tertiary/aromatic N) is 1. The standard InChI is InChI=1S/C17H27NO2/c1-5-7-8-14(6-2)13-20-17(19)15-9-11-16(12-10-15)18(3)4/h9-12,14H,5-8,13H2,1-4H3/t14-/m1/s1. The zero-order valence-corrected chi connectivity index (χ0v) is 13.2. The number of unbranched alkanes of at least 4 members (excludes halogenated alkanes) is 1. The first kappa shape index (κ1) is 16.5. The van der Waals surface area contributed by atoms with Gasteiger partial charge in [0.15, 0.2) is 0 Å². The minimum atomic E-state index is -0.217. The number of esters is 1. The maximum atomic E-state index is 12.0. The maximum absolute atomic E-state index is 12.0. The molecule has 3 heteroatoms. The average Bonchev–Trinajstić information content (AvgIpc) is 2.47. The van der Waals surface area contributed by atoms with Crippen molar-refractivity contribution in [3.05, 3.63) is 29.8 Å². The van der Waals surface area contributed by atoms with Gasteiger partial charge in [-0.05, 0) is 36.6 Å². The zero-order chi connectivity index (χ0) is 15.0. The molecule has 0 N–H and O–H groups in total. The van der Waals surface area contributed by atoms with E-state index in [1.165, 1.54) is 12.8 Å². The van der Waals surface area contributed by atoms with Gasteiger partial charge in [-0.2, -0.15) is 0 Å². The van der Waals surface area contributed by atoms with Crippen molar-refractivity contribution in [3.63, 3.8) is 0 Å². The Morgan fingerprint density at radius 3 is 2.35 bits per heavy atom. The van der Waals surface area contributed by atoms with E-state index in [0.717, 1.165) is 18.5 Å². The third kappa shape index (κ3) is 5.24. The van der Waals surface area contributed by atoms with Crippen molar-refractivity contribution in [1.29, 1.82) is 0 Å². The molecule has 1 atom stereocenters. The lowest BCUT2D eigenvalue weighted by Gasteiger charge is -2.15. The molecule has 1 aromatic rings. The minimum Gasteiger partial charge on any atom is -0.462 e. The molecule has 0 saturated heterocycles. The van der Waals surface area contributed by atoms with E-state index in [0.29, 0.717) is 18.1 Å². The van der Waals surface area contributed by atoms with Crippen LogP contribution >= 0.6 is 0 Å². The van der Waals surface area contributed by atoms with Crippen LogP contribution in [0, 0.1) is 5.92 Å². The Morgan fingerprint density at radius 1 is 1.20 bits per heavy atom. The molecule has 0 aliphatic rings. The van der Waals surface area contributed by atoms with Gasteiger partial charge in [0.25, 0.3) is 0 Å². The summed E-state index contributed by atoms with van der Waals surface area (Å²) in [4.78, 5) is 14.0. The first-order valence-electron chi connectivity index (χ1n) is 7.53. The van der Waals surface area contributed by atoms with E-state index in [4.69, 9.17) is 4.74 Å². The topological polar surface area (TPSA) is 29.5 Å². The van der Waals surface area contributed by atoms with E-state index in [-0.39, 0.29) is 5.97 Å². The van der Waals surface area contributed by atoms with E-state index in [1.54, 1.807) is 0 Å². The highest BCUT2D eigenvalue weighted by atomic mass is 16.5. The fraction of sp³-hybridized carbons (Fsp3) is 0.588. The Morgan fingerprint density at radius 2 is 1.85 bits per heavy atom. The number of rotatable bonds is 8. The predicted octanol–water partition coefficient (Wildman–Crippen LogP) is 4.13. The van der Waals surface area contributed by atoms with Crippen molar-refractivity contribution in [2.24, 2.45) is 5.92 Å². The third-order valence-corrected chi connectivity index (χ3v) is 3.61. The van der Waals surface area contributed by atoms with E-state index in [9.17, 15) is 4.79 Å². The monoisotopic (exact) mass is 277 g/mol. The van der Waals surface area contributed by atoms with Crippen LogP contribution in [-0.4, -0.2) is 26.7 Å². The number of ether oxygens (including phenoxy) is 1. The number of carbonyl (C=O) groups is 1. The number of hydrogen-bond acceptors (Lipinski definition) is 3. The minimum absolute atomic E-state index is 0.217. The second kappa shape index (κ2) is 8.62. The van der Waals surface area contributed by atoms with Gasteiger partial charge in [0.2, 0.25) is 0 Å². The lowest BCUT2D eigenvalue weighted by atomic mass is 10.0. The summed E-state index contributed by atoms with van der Waals surface area (Å²) in [5.74, 6) is 0.269. The van der Waals surface area contributed by atoms with Crippen molar-refractivity contribution >= 4 is 11.7 Å². The number of carbonyl (C=O) groups excluding carboxylic acids is 1. The Balaban J connectivity index is 2.49. The molecule has 112 valence electrons. The summed E-state index contributed by atoms with van der Waals surface area (Å²) in [5, 5.41) is 0. The van der Waals surface area contributed by atoms with Gasteiger partial charge >= 0.3 is 5.97 Å². The third-order valence-electron chi connectivity index (χ3n) is 3.61. The van der Waals surface area contributed by atoms with Crippen LogP contribution in [0.15, 0.2) is 24.3 Å². The molecule has 0 heterocycles. The zero-order valence-electron chi connectivity index (χ0n) is 13.2. The Hall–Kier alpha value is -1.51.